The first-order valence-electron chi connectivity index (χ1n) is 18.6. The standard InChI is InChI=1S/C38H50N8O12/c47-33(48)21-41-5-9-43(23-35(51)52)17-29-13-27(14-30(39-29)18-44(10-6-41)24-36(53)54)3-1-2-4-28-15-31-19-45(25-37(55)56)11-7-42(22-34(49)50)8-12-46(26-38(57)58)20-32(16-28)40-31/h1-4,13-16H,5-12,17-26H2,(H,47,48)(H,49,50)(H,51,52)(H,53,54)(H,55,56)(H,57,58)/b3-1+,4-2+. The second-order valence-electron chi connectivity index (χ2n) is 14.2. The van der Waals surface area contributed by atoms with Crippen molar-refractivity contribution in [1.29, 1.82) is 0 Å². The van der Waals surface area contributed by atoms with Crippen LogP contribution >= 0.6 is 0 Å². The van der Waals surface area contributed by atoms with Crippen molar-refractivity contribution in [1.82, 2.24) is 39.4 Å². The number of pyridine rings is 2. The van der Waals surface area contributed by atoms with E-state index in [1.165, 1.54) is 0 Å². The quantitative estimate of drug-likeness (QED) is 0.124. The first-order valence-corrected chi connectivity index (χ1v) is 18.6. The molecule has 4 rings (SSSR count). The molecule has 2 aromatic rings. The van der Waals surface area contributed by atoms with Crippen LogP contribution in [0.25, 0.3) is 12.2 Å². The largest absolute Gasteiger partial charge is 0.480 e. The molecule has 58 heavy (non-hydrogen) atoms. The molecule has 0 aromatic carbocycles. The van der Waals surface area contributed by atoms with Gasteiger partial charge in [0.15, 0.2) is 0 Å². The Kier molecular flexibility index (Phi) is 17.4. The van der Waals surface area contributed by atoms with Crippen LogP contribution in [0.2, 0.25) is 0 Å². The van der Waals surface area contributed by atoms with Crippen molar-refractivity contribution < 1.29 is 59.4 Å². The minimum atomic E-state index is -1.05. The number of fused-ring (bicyclic) bond motifs is 4. The first-order chi connectivity index (χ1) is 27.6. The van der Waals surface area contributed by atoms with Gasteiger partial charge in [0, 0.05) is 78.5 Å². The van der Waals surface area contributed by atoms with E-state index in [0.717, 1.165) is 11.1 Å². The van der Waals surface area contributed by atoms with Crippen LogP contribution in [-0.4, -0.2) is 197 Å². The average molecular weight is 811 g/mol. The average Bonchev–Trinajstić information content (AvgIpc) is 3.09. The number of rotatable bonds is 15. The second kappa shape index (κ2) is 22.3. The minimum Gasteiger partial charge on any atom is -0.480 e. The Morgan fingerprint density at radius 1 is 0.397 bits per heavy atom. The van der Waals surface area contributed by atoms with Gasteiger partial charge in [-0.15, -0.1) is 0 Å². The molecule has 20 nitrogen and oxygen atoms in total. The van der Waals surface area contributed by atoms with Crippen LogP contribution < -0.4 is 0 Å². The second-order valence-corrected chi connectivity index (χ2v) is 14.2. The number of carboxylic acid groups (broad SMARTS) is 6. The van der Waals surface area contributed by atoms with Gasteiger partial charge in [-0.1, -0.05) is 24.3 Å². The Morgan fingerprint density at radius 2 is 0.603 bits per heavy atom. The van der Waals surface area contributed by atoms with Gasteiger partial charge in [0.1, 0.15) is 0 Å². The molecule has 0 saturated carbocycles. The maximum absolute atomic E-state index is 11.7. The van der Waals surface area contributed by atoms with Gasteiger partial charge in [-0.05, 0) is 35.4 Å². The molecule has 0 atom stereocenters. The molecule has 0 fully saturated rings. The summed E-state index contributed by atoms with van der Waals surface area (Å²) in [6.07, 6.45) is 7.19. The molecule has 4 bridgehead atoms. The van der Waals surface area contributed by atoms with Crippen LogP contribution in [0.3, 0.4) is 0 Å². The summed E-state index contributed by atoms with van der Waals surface area (Å²) in [4.78, 5) is 89.4. The SMILES string of the molecule is O=C(O)CN1CCN(CC(=O)O)Cc2cc(/C=C/C=C/c3cc4nc(c3)CN(CC(=O)O)CCN(CC(=O)O)CCN(CC(=O)O)C4)cc(n2)CN(CC(=O)O)CC1. The summed E-state index contributed by atoms with van der Waals surface area (Å²) in [6, 6.07) is 7.18. The lowest BCUT2D eigenvalue weighted by Crippen LogP contribution is -2.44. The topological polar surface area (TPSA) is 269 Å². The van der Waals surface area contributed by atoms with Crippen molar-refractivity contribution >= 4 is 48.0 Å². The summed E-state index contributed by atoms with van der Waals surface area (Å²) in [5.74, 6) is -6.31. The third-order valence-corrected chi connectivity index (χ3v) is 9.22. The molecule has 2 aromatic heterocycles. The molecular weight excluding hydrogens is 760 g/mol. The molecule has 2 aliphatic rings. The number of carbonyl (C=O) groups is 6. The van der Waals surface area contributed by atoms with E-state index in [1.54, 1.807) is 65.8 Å². The number of hydrogen-bond donors (Lipinski definition) is 6. The highest BCUT2D eigenvalue weighted by atomic mass is 16.4. The minimum absolute atomic E-state index is 0.147. The van der Waals surface area contributed by atoms with E-state index in [-0.39, 0.29) is 118 Å². The van der Waals surface area contributed by atoms with Crippen LogP contribution in [0.1, 0.15) is 33.9 Å². The van der Waals surface area contributed by atoms with Gasteiger partial charge in [0.2, 0.25) is 0 Å². The third-order valence-electron chi connectivity index (χ3n) is 9.22. The van der Waals surface area contributed by atoms with Crippen molar-refractivity contribution in [2.24, 2.45) is 0 Å². The van der Waals surface area contributed by atoms with E-state index in [1.807, 2.05) is 12.2 Å². The third kappa shape index (κ3) is 16.8. The van der Waals surface area contributed by atoms with Crippen molar-refractivity contribution in [2.75, 3.05) is 91.6 Å². The highest BCUT2D eigenvalue weighted by molar-refractivity contribution is 5.71. The van der Waals surface area contributed by atoms with Crippen molar-refractivity contribution in [3.05, 3.63) is 70.3 Å². The summed E-state index contributed by atoms with van der Waals surface area (Å²) in [7, 11) is 0. The number of carboxylic acids is 6. The molecule has 314 valence electrons. The van der Waals surface area contributed by atoms with Gasteiger partial charge in [-0.3, -0.25) is 68.1 Å². The van der Waals surface area contributed by atoms with Crippen molar-refractivity contribution in [2.45, 2.75) is 26.2 Å². The van der Waals surface area contributed by atoms with Crippen molar-refractivity contribution in [3.8, 4) is 0 Å². The maximum Gasteiger partial charge on any atom is 0.317 e. The van der Waals surface area contributed by atoms with Crippen LogP contribution in [-0.2, 0) is 54.9 Å². The predicted molar refractivity (Wildman–Crippen MR) is 206 cm³/mol. The van der Waals surface area contributed by atoms with Gasteiger partial charge in [-0.25, -0.2) is 0 Å². The highest BCUT2D eigenvalue weighted by Crippen LogP contribution is 2.17. The van der Waals surface area contributed by atoms with Crippen molar-refractivity contribution in [3.63, 3.8) is 0 Å². The fourth-order valence-corrected chi connectivity index (χ4v) is 6.79. The van der Waals surface area contributed by atoms with Gasteiger partial charge < -0.3 is 30.6 Å². The monoisotopic (exact) mass is 810 g/mol. The molecule has 0 radical (unpaired) electrons. The highest BCUT2D eigenvalue weighted by Gasteiger charge is 2.22. The van der Waals surface area contributed by atoms with E-state index in [2.05, 4.69) is 0 Å². The molecule has 6 N–H and O–H groups in total. The van der Waals surface area contributed by atoms with E-state index >= 15 is 0 Å². The van der Waals surface area contributed by atoms with Gasteiger partial charge in [-0.2, -0.15) is 0 Å². The van der Waals surface area contributed by atoms with Crippen LogP contribution in [0, 0.1) is 0 Å². The number of allylic oxidation sites excluding steroid dienone is 2. The van der Waals surface area contributed by atoms with Gasteiger partial charge >= 0.3 is 35.8 Å². The van der Waals surface area contributed by atoms with Gasteiger partial charge in [0.05, 0.1) is 62.0 Å². The fraction of sp³-hybridized carbons (Fsp3) is 0.474. The lowest BCUT2D eigenvalue weighted by molar-refractivity contribution is -0.140. The van der Waals surface area contributed by atoms with Gasteiger partial charge in [0.25, 0.3) is 0 Å². The molecule has 0 saturated heterocycles. The lowest BCUT2D eigenvalue weighted by Gasteiger charge is -2.29. The molecule has 20 heteroatoms. The number of nitrogens with zero attached hydrogens (tertiary/aromatic N) is 8. The Hall–Kier alpha value is -5.64. The molecule has 0 aliphatic carbocycles. The molecule has 0 unspecified atom stereocenters. The normalized spacial score (nSPS) is 17.9. The Morgan fingerprint density at radius 3 is 0.828 bits per heavy atom. The smallest absolute Gasteiger partial charge is 0.317 e. The van der Waals surface area contributed by atoms with E-state index in [0.29, 0.717) is 22.8 Å². The number of hydrogen-bond acceptors (Lipinski definition) is 14. The zero-order valence-corrected chi connectivity index (χ0v) is 32.1. The Bertz CT molecular complexity index is 1630. The summed E-state index contributed by atoms with van der Waals surface area (Å²) in [5.41, 5.74) is 3.61. The lowest BCUT2D eigenvalue weighted by atomic mass is 10.1. The summed E-state index contributed by atoms with van der Waals surface area (Å²) in [5, 5.41) is 57.2. The van der Waals surface area contributed by atoms with Crippen LogP contribution in [0.5, 0.6) is 0 Å². The fourth-order valence-electron chi connectivity index (χ4n) is 6.79. The Balaban J connectivity index is 1.63. The zero-order chi connectivity index (χ0) is 42.2. The van der Waals surface area contributed by atoms with Crippen LogP contribution in [0.15, 0.2) is 36.4 Å². The predicted octanol–water partition coefficient (Wildman–Crippen LogP) is -0.450. The first kappa shape index (κ1) is 45.1. The summed E-state index contributed by atoms with van der Waals surface area (Å²) in [6.45, 7) is 0.764. The molecule has 0 spiro atoms. The van der Waals surface area contributed by atoms with Crippen LogP contribution in [0.4, 0.5) is 0 Å². The summed E-state index contributed by atoms with van der Waals surface area (Å²) < 4.78 is 0. The number of aromatic nitrogens is 2. The molecule has 0 amide bonds. The maximum atomic E-state index is 11.7. The van der Waals surface area contributed by atoms with E-state index in [4.69, 9.17) is 9.97 Å². The van der Waals surface area contributed by atoms with E-state index < -0.39 is 35.8 Å². The van der Waals surface area contributed by atoms with E-state index in [9.17, 15) is 59.4 Å². The zero-order valence-electron chi connectivity index (χ0n) is 32.1. The Labute approximate surface area is 334 Å². The molecule has 4 heterocycles. The number of aliphatic carboxylic acids is 6. The molecule has 2 aliphatic heterocycles. The molecular formula is C38H50N8O12. The summed E-state index contributed by atoms with van der Waals surface area (Å²) >= 11 is 0.